The van der Waals surface area contributed by atoms with Crippen molar-refractivity contribution >= 4 is 17.5 Å². The number of nitrogens with one attached hydrogen (secondary N) is 3. The van der Waals surface area contributed by atoms with Gasteiger partial charge in [-0.1, -0.05) is 29.8 Å². The number of hydrazine groups is 1. The second-order valence-corrected chi connectivity index (χ2v) is 5.60. The molecule has 0 spiro atoms. The van der Waals surface area contributed by atoms with Crippen LogP contribution in [0.5, 0.6) is 0 Å². The minimum Gasteiger partial charge on any atom is -0.335 e. The van der Waals surface area contributed by atoms with E-state index in [0.717, 1.165) is 5.56 Å². The summed E-state index contributed by atoms with van der Waals surface area (Å²) in [7, 11) is 0. The summed E-state index contributed by atoms with van der Waals surface area (Å²) in [6.45, 7) is 0. The first-order valence-corrected chi connectivity index (χ1v) is 7.32. The smallest absolute Gasteiger partial charge is 0.252 e. The second-order valence-electron chi connectivity index (χ2n) is 5.17. The minimum atomic E-state index is -0.272. The van der Waals surface area contributed by atoms with Crippen LogP contribution in [0.2, 0.25) is 5.02 Å². The predicted octanol–water partition coefficient (Wildman–Crippen LogP) is 2.77. The first kappa shape index (κ1) is 15.0. The summed E-state index contributed by atoms with van der Waals surface area (Å²) in [5.41, 5.74) is 7.41. The Balaban J connectivity index is 1.62. The van der Waals surface area contributed by atoms with Gasteiger partial charge in [0.05, 0.1) is 6.17 Å². The Morgan fingerprint density at radius 3 is 2.77 bits per heavy atom. The molecule has 0 saturated carbocycles. The number of hydrogen-bond acceptors (Lipinski definition) is 3. The molecule has 0 radical (unpaired) electrons. The second kappa shape index (κ2) is 6.44. The first-order chi connectivity index (χ1) is 10.6. The normalized spacial score (nSPS) is 20.8. The van der Waals surface area contributed by atoms with Gasteiger partial charge >= 0.3 is 0 Å². The lowest BCUT2D eigenvalue weighted by atomic mass is 10.0. The molecule has 4 nitrogen and oxygen atoms in total. The van der Waals surface area contributed by atoms with E-state index in [1.54, 1.807) is 30.3 Å². The van der Waals surface area contributed by atoms with E-state index in [1.807, 2.05) is 6.07 Å². The highest BCUT2D eigenvalue weighted by atomic mass is 35.5. The number of amides is 1. The zero-order valence-electron chi connectivity index (χ0n) is 11.6. The van der Waals surface area contributed by atoms with Crippen molar-refractivity contribution in [3.05, 3.63) is 70.5 Å². The molecule has 1 aliphatic heterocycles. The van der Waals surface area contributed by atoms with E-state index in [9.17, 15) is 9.18 Å². The van der Waals surface area contributed by atoms with Gasteiger partial charge in [0.25, 0.3) is 5.91 Å². The van der Waals surface area contributed by atoms with E-state index in [0.29, 0.717) is 17.0 Å². The molecule has 114 valence electrons. The van der Waals surface area contributed by atoms with Crippen molar-refractivity contribution in [2.45, 2.75) is 18.6 Å². The number of carbonyl (C=O) groups excluding carboxylic acids is 1. The fraction of sp³-hybridized carbons (Fsp3) is 0.188. The SMILES string of the molecule is O=C(NC1CC(c2cccc(F)c2)NN1)c1cccc(Cl)c1. The summed E-state index contributed by atoms with van der Waals surface area (Å²) >= 11 is 5.88. The Labute approximate surface area is 132 Å². The largest absolute Gasteiger partial charge is 0.335 e. The third-order valence-corrected chi connectivity index (χ3v) is 3.78. The Morgan fingerprint density at radius 1 is 1.18 bits per heavy atom. The molecule has 2 unspecified atom stereocenters. The summed E-state index contributed by atoms with van der Waals surface area (Å²) in [5.74, 6) is -0.479. The number of carbonyl (C=O) groups is 1. The quantitative estimate of drug-likeness (QED) is 0.815. The Bertz CT molecular complexity index is 695. The van der Waals surface area contributed by atoms with Crippen LogP contribution in [0.3, 0.4) is 0 Å². The van der Waals surface area contributed by atoms with Crippen molar-refractivity contribution in [3.63, 3.8) is 0 Å². The molecule has 3 rings (SSSR count). The summed E-state index contributed by atoms with van der Waals surface area (Å²) in [6, 6.07) is 13.1. The summed E-state index contributed by atoms with van der Waals surface area (Å²) in [5, 5.41) is 3.39. The van der Waals surface area contributed by atoms with Crippen molar-refractivity contribution in [3.8, 4) is 0 Å². The average molecular weight is 320 g/mol. The molecule has 1 aliphatic rings. The van der Waals surface area contributed by atoms with E-state index < -0.39 is 0 Å². The molecular weight excluding hydrogens is 305 g/mol. The molecule has 1 fully saturated rings. The monoisotopic (exact) mass is 319 g/mol. The molecule has 1 heterocycles. The molecule has 6 heteroatoms. The number of halogens is 2. The van der Waals surface area contributed by atoms with Crippen LogP contribution < -0.4 is 16.2 Å². The Kier molecular flexibility index (Phi) is 4.38. The molecule has 2 aromatic carbocycles. The van der Waals surface area contributed by atoms with Crippen molar-refractivity contribution in [1.29, 1.82) is 0 Å². The van der Waals surface area contributed by atoms with Gasteiger partial charge in [0.15, 0.2) is 0 Å². The third-order valence-electron chi connectivity index (χ3n) is 3.55. The number of rotatable bonds is 3. The summed E-state index contributed by atoms with van der Waals surface area (Å²) in [4.78, 5) is 12.2. The predicted molar refractivity (Wildman–Crippen MR) is 82.7 cm³/mol. The highest BCUT2D eigenvalue weighted by Crippen LogP contribution is 2.22. The lowest BCUT2D eigenvalue weighted by Crippen LogP contribution is -2.44. The van der Waals surface area contributed by atoms with Gasteiger partial charge in [-0.05, 0) is 35.9 Å². The van der Waals surface area contributed by atoms with E-state index in [-0.39, 0.29) is 23.9 Å². The molecule has 22 heavy (non-hydrogen) atoms. The van der Waals surface area contributed by atoms with Gasteiger partial charge < -0.3 is 5.32 Å². The zero-order valence-corrected chi connectivity index (χ0v) is 12.4. The fourth-order valence-electron chi connectivity index (χ4n) is 2.46. The Hall–Kier alpha value is -1.95. The van der Waals surface area contributed by atoms with Crippen LogP contribution in [-0.4, -0.2) is 12.1 Å². The molecule has 2 aromatic rings. The van der Waals surface area contributed by atoms with Crippen molar-refractivity contribution in [2.24, 2.45) is 0 Å². The standard InChI is InChI=1S/C16H15ClFN3O/c17-12-5-1-4-11(7-12)16(22)19-15-9-14(20-21-15)10-3-2-6-13(18)8-10/h1-8,14-15,20-21H,9H2,(H,19,22). The molecule has 1 saturated heterocycles. The van der Waals surface area contributed by atoms with Crippen LogP contribution >= 0.6 is 11.6 Å². The van der Waals surface area contributed by atoms with Gasteiger partial charge in [0.1, 0.15) is 5.82 Å². The van der Waals surface area contributed by atoms with Crippen LogP contribution in [0.4, 0.5) is 4.39 Å². The van der Waals surface area contributed by atoms with Crippen LogP contribution in [-0.2, 0) is 0 Å². The van der Waals surface area contributed by atoms with E-state index in [2.05, 4.69) is 16.2 Å². The minimum absolute atomic E-state index is 0.0552. The molecule has 0 aliphatic carbocycles. The van der Waals surface area contributed by atoms with Gasteiger partial charge in [0.2, 0.25) is 0 Å². The highest BCUT2D eigenvalue weighted by Gasteiger charge is 2.26. The third kappa shape index (κ3) is 3.44. The van der Waals surface area contributed by atoms with Gasteiger partial charge in [-0.3, -0.25) is 4.79 Å². The van der Waals surface area contributed by atoms with Gasteiger partial charge in [-0.25, -0.2) is 15.2 Å². The van der Waals surface area contributed by atoms with E-state index in [4.69, 9.17) is 11.6 Å². The molecular formula is C16H15ClFN3O. The van der Waals surface area contributed by atoms with Crippen molar-refractivity contribution < 1.29 is 9.18 Å². The van der Waals surface area contributed by atoms with Gasteiger partial charge in [-0.2, -0.15) is 0 Å². The van der Waals surface area contributed by atoms with E-state index in [1.165, 1.54) is 12.1 Å². The maximum atomic E-state index is 13.3. The molecule has 2 atom stereocenters. The van der Waals surface area contributed by atoms with Crippen LogP contribution in [0.15, 0.2) is 48.5 Å². The Morgan fingerprint density at radius 2 is 2.00 bits per heavy atom. The molecule has 0 bridgehead atoms. The number of hydrogen-bond donors (Lipinski definition) is 3. The number of benzene rings is 2. The summed E-state index contributed by atoms with van der Waals surface area (Å²) in [6.07, 6.45) is 0.384. The van der Waals surface area contributed by atoms with Crippen LogP contribution in [0.25, 0.3) is 0 Å². The topological polar surface area (TPSA) is 53.2 Å². The van der Waals surface area contributed by atoms with Gasteiger partial charge in [0, 0.05) is 23.0 Å². The highest BCUT2D eigenvalue weighted by molar-refractivity contribution is 6.30. The van der Waals surface area contributed by atoms with Crippen LogP contribution in [0, 0.1) is 5.82 Å². The zero-order chi connectivity index (χ0) is 15.5. The molecule has 3 N–H and O–H groups in total. The first-order valence-electron chi connectivity index (χ1n) is 6.95. The van der Waals surface area contributed by atoms with Gasteiger partial charge in [-0.15, -0.1) is 0 Å². The fourth-order valence-corrected chi connectivity index (χ4v) is 2.65. The maximum Gasteiger partial charge on any atom is 0.252 e. The summed E-state index contributed by atoms with van der Waals surface area (Å²) < 4.78 is 13.3. The lowest BCUT2D eigenvalue weighted by molar-refractivity contribution is 0.0932. The molecule has 0 aromatic heterocycles. The average Bonchev–Trinajstić information content (AvgIpc) is 2.96. The maximum absolute atomic E-state index is 13.3. The van der Waals surface area contributed by atoms with E-state index >= 15 is 0 Å². The van der Waals surface area contributed by atoms with Crippen LogP contribution in [0.1, 0.15) is 28.4 Å². The van der Waals surface area contributed by atoms with Crippen molar-refractivity contribution in [1.82, 2.24) is 16.2 Å². The lowest BCUT2D eigenvalue weighted by Gasteiger charge is -2.12. The van der Waals surface area contributed by atoms with Crippen molar-refractivity contribution in [2.75, 3.05) is 0 Å². The molecule has 1 amide bonds.